The highest BCUT2D eigenvalue weighted by molar-refractivity contribution is 6.74. The second kappa shape index (κ2) is 7.22. The first-order valence-corrected chi connectivity index (χ1v) is 9.63. The van der Waals surface area contributed by atoms with Crippen LogP contribution >= 0.6 is 0 Å². The highest BCUT2D eigenvalue weighted by Gasteiger charge is 2.41. The minimum Gasteiger partial charge on any atom is -0.464 e. The van der Waals surface area contributed by atoms with E-state index in [0.717, 1.165) is 0 Å². The van der Waals surface area contributed by atoms with Crippen molar-refractivity contribution in [1.29, 1.82) is 0 Å². The first-order valence-electron chi connectivity index (χ1n) is 6.72. The Labute approximate surface area is 117 Å². The predicted molar refractivity (Wildman–Crippen MR) is 79.5 cm³/mol. The smallest absolute Gasteiger partial charge is 0.338 e. The molecule has 0 amide bonds. The molecule has 0 unspecified atom stereocenters. The molecule has 0 aromatic heterocycles. The van der Waals surface area contributed by atoms with Crippen molar-refractivity contribution in [2.75, 3.05) is 6.61 Å². The van der Waals surface area contributed by atoms with E-state index in [-0.39, 0.29) is 11.6 Å². The molecular weight excluding hydrogens is 260 g/mol. The number of esters is 1. The van der Waals surface area contributed by atoms with Crippen LogP contribution < -0.4 is 0 Å². The van der Waals surface area contributed by atoms with Gasteiger partial charge in [-0.05, 0) is 32.0 Å². The van der Waals surface area contributed by atoms with E-state index < -0.39 is 26.5 Å². The molecule has 0 aliphatic heterocycles. The van der Waals surface area contributed by atoms with Crippen molar-refractivity contribution in [3.63, 3.8) is 0 Å². The summed E-state index contributed by atoms with van der Waals surface area (Å²) < 4.78 is 10.9. The molecule has 0 rings (SSSR count). The summed E-state index contributed by atoms with van der Waals surface area (Å²) in [6.45, 7) is 14.3. The summed E-state index contributed by atoms with van der Waals surface area (Å²) in [7, 11) is -2.06. The average molecular weight is 288 g/mol. The Morgan fingerprint density at radius 1 is 1.37 bits per heavy atom. The third kappa shape index (κ3) is 5.46. The van der Waals surface area contributed by atoms with E-state index in [1.807, 2.05) is 6.92 Å². The van der Waals surface area contributed by atoms with Crippen molar-refractivity contribution in [3.8, 4) is 0 Å². The number of carbonyl (C=O) groups excluding carboxylic acids is 1. The van der Waals surface area contributed by atoms with Gasteiger partial charge in [-0.1, -0.05) is 32.9 Å². The van der Waals surface area contributed by atoms with E-state index in [2.05, 4.69) is 33.9 Å². The normalized spacial score (nSPS) is 16.4. The first-order chi connectivity index (χ1) is 8.56. The van der Waals surface area contributed by atoms with E-state index in [4.69, 9.17) is 9.16 Å². The van der Waals surface area contributed by atoms with E-state index in [1.165, 1.54) is 0 Å². The maximum absolute atomic E-state index is 11.6. The lowest BCUT2D eigenvalue weighted by Crippen LogP contribution is -2.48. The Morgan fingerprint density at radius 2 is 1.89 bits per heavy atom. The van der Waals surface area contributed by atoms with Crippen LogP contribution in [0.2, 0.25) is 18.1 Å². The first kappa shape index (κ1) is 18.3. The maximum Gasteiger partial charge on any atom is 0.338 e. The predicted octanol–water partition coefficient (Wildman–Crippen LogP) is 2.88. The summed E-state index contributed by atoms with van der Waals surface area (Å²) in [5.41, 5.74) is 0. The highest BCUT2D eigenvalue weighted by atomic mass is 28.4. The van der Waals surface area contributed by atoms with Gasteiger partial charge in [0, 0.05) is 0 Å². The number of aliphatic hydroxyl groups excluding tert-OH is 1. The van der Waals surface area contributed by atoms with Crippen LogP contribution in [0.4, 0.5) is 0 Å². The van der Waals surface area contributed by atoms with E-state index in [9.17, 15) is 9.90 Å². The molecule has 5 heteroatoms. The topological polar surface area (TPSA) is 55.8 Å². The zero-order valence-electron chi connectivity index (χ0n) is 13.2. The van der Waals surface area contributed by atoms with Gasteiger partial charge in [-0.2, -0.15) is 0 Å². The van der Waals surface area contributed by atoms with Crippen LogP contribution in [0.3, 0.4) is 0 Å². The molecule has 0 spiro atoms. The molecule has 0 aliphatic carbocycles. The summed E-state index contributed by atoms with van der Waals surface area (Å²) in [5.74, 6) is -0.635. The van der Waals surface area contributed by atoms with E-state index in [0.29, 0.717) is 0 Å². The minimum atomic E-state index is -2.06. The molecule has 2 atom stereocenters. The van der Waals surface area contributed by atoms with Gasteiger partial charge in [0.15, 0.2) is 14.4 Å². The quantitative estimate of drug-likeness (QED) is 0.464. The Kier molecular flexibility index (Phi) is 6.97. The lowest BCUT2D eigenvalue weighted by atomic mass is 10.2. The molecule has 112 valence electrons. The fourth-order valence-electron chi connectivity index (χ4n) is 1.28. The zero-order valence-corrected chi connectivity index (χ0v) is 14.2. The SMILES string of the molecule is C/C=C/[C@H](O[Si](C)(C)C(C)(C)C)[C@H](O)C(=O)OCC. The average Bonchev–Trinajstić information content (AvgIpc) is 2.26. The maximum atomic E-state index is 11.6. The standard InChI is InChI=1S/C14H28O4Si/c1-8-10-11(12(15)13(16)17-9-2)18-19(6,7)14(3,4)5/h8,10-12,15H,9H2,1-7H3/b10-8+/t11-,12-/m0/s1. The Balaban J connectivity index is 4.99. The molecule has 0 aromatic carbocycles. The van der Waals surface area contributed by atoms with Gasteiger partial charge < -0.3 is 14.3 Å². The van der Waals surface area contributed by atoms with Crippen molar-refractivity contribution in [2.45, 2.75) is 65.0 Å². The van der Waals surface area contributed by atoms with Gasteiger partial charge in [-0.3, -0.25) is 0 Å². The number of ether oxygens (including phenoxy) is 1. The van der Waals surface area contributed by atoms with Gasteiger partial charge >= 0.3 is 5.97 Å². The highest BCUT2D eigenvalue weighted by Crippen LogP contribution is 2.37. The van der Waals surface area contributed by atoms with E-state index >= 15 is 0 Å². The fourth-order valence-corrected chi connectivity index (χ4v) is 2.52. The van der Waals surface area contributed by atoms with E-state index in [1.54, 1.807) is 19.1 Å². The Morgan fingerprint density at radius 3 is 2.26 bits per heavy atom. The van der Waals surface area contributed by atoms with Gasteiger partial charge in [0.05, 0.1) is 6.61 Å². The number of hydrogen-bond acceptors (Lipinski definition) is 4. The third-order valence-corrected chi connectivity index (χ3v) is 7.93. The van der Waals surface area contributed by atoms with Gasteiger partial charge in [0.2, 0.25) is 0 Å². The molecule has 0 saturated carbocycles. The van der Waals surface area contributed by atoms with Gasteiger partial charge in [0.25, 0.3) is 0 Å². The third-order valence-electron chi connectivity index (χ3n) is 3.46. The second-order valence-corrected chi connectivity index (χ2v) is 10.8. The number of rotatable bonds is 6. The van der Waals surface area contributed by atoms with Gasteiger partial charge in [-0.15, -0.1) is 0 Å². The van der Waals surface area contributed by atoms with Crippen LogP contribution in [0.5, 0.6) is 0 Å². The molecule has 0 heterocycles. The molecule has 0 aliphatic rings. The summed E-state index contributed by atoms with van der Waals surface area (Å²) in [6, 6.07) is 0. The van der Waals surface area contributed by atoms with Gasteiger partial charge in [-0.25, -0.2) is 4.79 Å². The molecule has 0 aromatic rings. The van der Waals surface area contributed by atoms with Crippen LogP contribution in [-0.2, 0) is 14.0 Å². The molecule has 0 bridgehead atoms. The molecular formula is C14H28O4Si. The second-order valence-electron chi connectivity index (χ2n) is 6.07. The number of carbonyl (C=O) groups is 1. The van der Waals surface area contributed by atoms with Gasteiger partial charge in [0.1, 0.15) is 6.10 Å². The lowest BCUT2D eigenvalue weighted by Gasteiger charge is -2.39. The molecule has 19 heavy (non-hydrogen) atoms. The molecule has 4 nitrogen and oxygen atoms in total. The van der Waals surface area contributed by atoms with Crippen LogP contribution in [0.25, 0.3) is 0 Å². The van der Waals surface area contributed by atoms with Crippen molar-refractivity contribution in [3.05, 3.63) is 12.2 Å². The summed E-state index contributed by atoms with van der Waals surface area (Å²) in [6.07, 6.45) is 1.57. The zero-order chi connectivity index (χ0) is 15.3. The lowest BCUT2D eigenvalue weighted by molar-refractivity contribution is -0.156. The summed E-state index contributed by atoms with van der Waals surface area (Å²) >= 11 is 0. The van der Waals surface area contributed by atoms with Crippen LogP contribution in [-0.4, -0.2) is 38.2 Å². The van der Waals surface area contributed by atoms with Crippen molar-refractivity contribution < 1.29 is 19.1 Å². The van der Waals surface area contributed by atoms with Crippen molar-refractivity contribution >= 4 is 14.3 Å². The van der Waals surface area contributed by atoms with Crippen LogP contribution in [0.15, 0.2) is 12.2 Å². The van der Waals surface area contributed by atoms with Crippen molar-refractivity contribution in [2.24, 2.45) is 0 Å². The Hall–Kier alpha value is -0.653. The monoisotopic (exact) mass is 288 g/mol. The fraction of sp³-hybridized carbons (Fsp3) is 0.786. The largest absolute Gasteiger partial charge is 0.464 e. The molecule has 1 N–H and O–H groups in total. The van der Waals surface area contributed by atoms with Crippen LogP contribution in [0.1, 0.15) is 34.6 Å². The molecule has 0 fully saturated rings. The summed E-state index contributed by atoms with van der Waals surface area (Å²) in [4.78, 5) is 11.6. The summed E-state index contributed by atoms with van der Waals surface area (Å²) in [5, 5.41) is 10.1. The number of hydrogen-bond donors (Lipinski definition) is 1. The molecule has 0 saturated heterocycles. The Bertz CT molecular complexity index is 318. The molecule has 0 radical (unpaired) electrons. The number of aliphatic hydroxyl groups is 1. The van der Waals surface area contributed by atoms with Crippen molar-refractivity contribution in [1.82, 2.24) is 0 Å². The van der Waals surface area contributed by atoms with Crippen LogP contribution in [0, 0.1) is 0 Å². The minimum absolute atomic E-state index is 0.0151. The number of allylic oxidation sites excluding steroid dienone is 1.